The van der Waals surface area contributed by atoms with Crippen molar-refractivity contribution < 1.29 is 4.74 Å². The minimum absolute atomic E-state index is 0.245. The third kappa shape index (κ3) is 4.87. The quantitative estimate of drug-likeness (QED) is 0.849. The Morgan fingerprint density at radius 3 is 2.71 bits per heavy atom. The molecule has 24 heavy (non-hydrogen) atoms. The lowest BCUT2D eigenvalue weighted by Crippen LogP contribution is -2.51. The van der Waals surface area contributed by atoms with Crippen LogP contribution in [0.25, 0.3) is 0 Å². The van der Waals surface area contributed by atoms with E-state index in [4.69, 9.17) is 4.74 Å². The first-order valence-electron chi connectivity index (χ1n) is 8.85. The maximum atomic E-state index is 6.07. The number of pyridine rings is 1. The molecule has 0 aliphatic carbocycles. The molecule has 2 heterocycles. The van der Waals surface area contributed by atoms with Crippen molar-refractivity contribution >= 4 is 0 Å². The van der Waals surface area contributed by atoms with Gasteiger partial charge in [0.05, 0.1) is 12.7 Å². The minimum atomic E-state index is 0.245. The lowest BCUT2D eigenvalue weighted by molar-refractivity contribution is -0.0499. The van der Waals surface area contributed by atoms with Crippen LogP contribution in [0.1, 0.15) is 24.5 Å². The molecule has 1 aliphatic heterocycles. The SMILES string of the molecule is CC[C@H](NCc1ccncc1)[C@H]1CN(Cc2ccccc2)CCO1. The summed E-state index contributed by atoms with van der Waals surface area (Å²) in [5, 5.41) is 3.66. The molecule has 0 unspecified atom stereocenters. The van der Waals surface area contributed by atoms with Gasteiger partial charge in [0, 0.05) is 44.6 Å². The Hall–Kier alpha value is -1.75. The summed E-state index contributed by atoms with van der Waals surface area (Å²) in [7, 11) is 0. The number of ether oxygens (including phenoxy) is 1. The molecule has 0 amide bonds. The highest BCUT2D eigenvalue weighted by Gasteiger charge is 2.26. The van der Waals surface area contributed by atoms with Crippen LogP contribution in [-0.4, -0.2) is 41.7 Å². The Morgan fingerprint density at radius 1 is 1.17 bits per heavy atom. The molecule has 4 heteroatoms. The number of benzene rings is 1. The van der Waals surface area contributed by atoms with Crippen molar-refractivity contribution in [2.24, 2.45) is 0 Å². The van der Waals surface area contributed by atoms with Crippen molar-refractivity contribution in [3.05, 3.63) is 66.0 Å². The second-order valence-electron chi connectivity index (χ2n) is 6.38. The number of morpholine rings is 1. The fourth-order valence-corrected chi connectivity index (χ4v) is 3.25. The van der Waals surface area contributed by atoms with E-state index >= 15 is 0 Å². The summed E-state index contributed by atoms with van der Waals surface area (Å²) in [5.74, 6) is 0. The summed E-state index contributed by atoms with van der Waals surface area (Å²) in [6.45, 7) is 6.89. The maximum Gasteiger partial charge on any atom is 0.0855 e. The van der Waals surface area contributed by atoms with Gasteiger partial charge < -0.3 is 10.1 Å². The first-order chi connectivity index (χ1) is 11.8. The highest BCUT2D eigenvalue weighted by Crippen LogP contribution is 2.15. The zero-order valence-electron chi connectivity index (χ0n) is 14.4. The highest BCUT2D eigenvalue weighted by atomic mass is 16.5. The van der Waals surface area contributed by atoms with Gasteiger partial charge >= 0.3 is 0 Å². The van der Waals surface area contributed by atoms with Crippen molar-refractivity contribution in [1.29, 1.82) is 0 Å². The van der Waals surface area contributed by atoms with Crippen molar-refractivity contribution in [2.75, 3.05) is 19.7 Å². The van der Waals surface area contributed by atoms with E-state index in [2.05, 4.69) is 64.6 Å². The Balaban J connectivity index is 1.53. The van der Waals surface area contributed by atoms with E-state index < -0.39 is 0 Å². The van der Waals surface area contributed by atoms with Crippen LogP contribution in [0.15, 0.2) is 54.9 Å². The Bertz CT molecular complexity index is 590. The van der Waals surface area contributed by atoms with Gasteiger partial charge in [-0.1, -0.05) is 37.3 Å². The third-order valence-corrected chi connectivity index (χ3v) is 4.63. The zero-order valence-corrected chi connectivity index (χ0v) is 14.4. The van der Waals surface area contributed by atoms with E-state index in [1.165, 1.54) is 11.1 Å². The molecule has 2 atom stereocenters. The van der Waals surface area contributed by atoms with Crippen LogP contribution >= 0.6 is 0 Å². The Kier molecular flexibility index (Phi) is 6.35. The molecule has 1 saturated heterocycles. The number of hydrogen-bond acceptors (Lipinski definition) is 4. The second-order valence-corrected chi connectivity index (χ2v) is 6.38. The van der Waals surface area contributed by atoms with Crippen LogP contribution in [0.3, 0.4) is 0 Å². The molecule has 4 nitrogen and oxygen atoms in total. The number of hydrogen-bond donors (Lipinski definition) is 1. The van der Waals surface area contributed by atoms with Crippen LogP contribution in [0.4, 0.5) is 0 Å². The summed E-state index contributed by atoms with van der Waals surface area (Å²) in [4.78, 5) is 6.57. The van der Waals surface area contributed by atoms with Crippen LogP contribution in [-0.2, 0) is 17.8 Å². The minimum Gasteiger partial charge on any atom is -0.374 e. The average Bonchev–Trinajstić information content (AvgIpc) is 2.64. The Labute approximate surface area is 144 Å². The first kappa shape index (κ1) is 17.1. The molecule has 0 radical (unpaired) electrons. The number of rotatable bonds is 7. The van der Waals surface area contributed by atoms with E-state index in [1.54, 1.807) is 0 Å². The fraction of sp³-hybridized carbons (Fsp3) is 0.450. The predicted molar refractivity (Wildman–Crippen MR) is 96.6 cm³/mol. The zero-order chi connectivity index (χ0) is 16.6. The summed E-state index contributed by atoms with van der Waals surface area (Å²) in [5.41, 5.74) is 2.64. The molecule has 1 fully saturated rings. The molecule has 0 bridgehead atoms. The van der Waals surface area contributed by atoms with Crippen molar-refractivity contribution in [1.82, 2.24) is 15.2 Å². The predicted octanol–water partition coefficient (Wildman–Crippen LogP) is 2.85. The lowest BCUT2D eigenvalue weighted by atomic mass is 10.1. The van der Waals surface area contributed by atoms with Gasteiger partial charge in [-0.05, 0) is 29.7 Å². The average molecular weight is 325 g/mol. The summed E-state index contributed by atoms with van der Waals surface area (Å²) >= 11 is 0. The van der Waals surface area contributed by atoms with E-state index in [1.807, 2.05) is 12.4 Å². The van der Waals surface area contributed by atoms with Gasteiger partial charge in [0.1, 0.15) is 0 Å². The van der Waals surface area contributed by atoms with Crippen molar-refractivity contribution in [3.8, 4) is 0 Å². The molecule has 2 aromatic rings. The monoisotopic (exact) mass is 325 g/mol. The fourth-order valence-electron chi connectivity index (χ4n) is 3.25. The van der Waals surface area contributed by atoms with Crippen molar-refractivity contribution in [2.45, 2.75) is 38.6 Å². The molecule has 128 valence electrons. The first-order valence-corrected chi connectivity index (χ1v) is 8.85. The molecular formula is C20H27N3O. The molecule has 0 saturated carbocycles. The van der Waals surface area contributed by atoms with E-state index in [-0.39, 0.29) is 6.10 Å². The lowest BCUT2D eigenvalue weighted by Gasteiger charge is -2.37. The largest absolute Gasteiger partial charge is 0.374 e. The van der Waals surface area contributed by atoms with Gasteiger partial charge in [-0.25, -0.2) is 0 Å². The second kappa shape index (κ2) is 8.92. The van der Waals surface area contributed by atoms with Gasteiger partial charge in [0.25, 0.3) is 0 Å². The Morgan fingerprint density at radius 2 is 1.96 bits per heavy atom. The number of aromatic nitrogens is 1. The highest BCUT2D eigenvalue weighted by molar-refractivity contribution is 5.14. The van der Waals surface area contributed by atoms with E-state index in [9.17, 15) is 0 Å². The maximum absolute atomic E-state index is 6.07. The summed E-state index contributed by atoms with van der Waals surface area (Å²) < 4.78 is 6.07. The van der Waals surface area contributed by atoms with Crippen molar-refractivity contribution in [3.63, 3.8) is 0 Å². The standard InChI is InChI=1S/C20H27N3O/c1-2-19(22-14-17-8-10-21-11-9-17)20-16-23(12-13-24-20)15-18-6-4-3-5-7-18/h3-11,19-20,22H,2,12-16H2,1H3/t19-,20+/m0/s1. The van der Waals surface area contributed by atoms with Crippen LogP contribution in [0, 0.1) is 0 Å². The van der Waals surface area contributed by atoms with Gasteiger partial charge in [-0.15, -0.1) is 0 Å². The van der Waals surface area contributed by atoms with Gasteiger partial charge in [0.15, 0.2) is 0 Å². The molecule has 1 aromatic carbocycles. The van der Waals surface area contributed by atoms with Gasteiger partial charge in [-0.2, -0.15) is 0 Å². The summed E-state index contributed by atoms with van der Waals surface area (Å²) in [6, 6.07) is 15.2. The molecule has 3 rings (SSSR count). The van der Waals surface area contributed by atoms with E-state index in [0.29, 0.717) is 6.04 Å². The van der Waals surface area contributed by atoms with E-state index in [0.717, 1.165) is 39.2 Å². The summed E-state index contributed by atoms with van der Waals surface area (Å²) in [6.07, 6.45) is 5.00. The molecule has 0 spiro atoms. The van der Waals surface area contributed by atoms with Crippen LogP contribution in [0.5, 0.6) is 0 Å². The van der Waals surface area contributed by atoms with Crippen LogP contribution in [0.2, 0.25) is 0 Å². The van der Waals surface area contributed by atoms with Gasteiger partial charge in [-0.3, -0.25) is 9.88 Å². The van der Waals surface area contributed by atoms with Gasteiger partial charge in [0.2, 0.25) is 0 Å². The molecule has 1 N–H and O–H groups in total. The number of nitrogens with zero attached hydrogens (tertiary/aromatic N) is 2. The van der Waals surface area contributed by atoms with Crippen LogP contribution < -0.4 is 5.32 Å². The molecule has 1 aromatic heterocycles. The molecule has 1 aliphatic rings. The smallest absolute Gasteiger partial charge is 0.0855 e. The normalized spacial score (nSPS) is 20.0. The molecular weight excluding hydrogens is 298 g/mol. The third-order valence-electron chi connectivity index (χ3n) is 4.63. The number of nitrogens with one attached hydrogen (secondary N) is 1. The topological polar surface area (TPSA) is 37.4 Å².